The number of hydrogen-bond donors (Lipinski definition) is 2. The summed E-state index contributed by atoms with van der Waals surface area (Å²) in [5, 5.41) is 10.0. The largest absolute Gasteiger partial charge is 0.390 e. The first-order valence-corrected chi connectivity index (χ1v) is 6.78. The highest BCUT2D eigenvalue weighted by Crippen LogP contribution is 2.25. The van der Waals surface area contributed by atoms with Gasteiger partial charge in [-0.3, -0.25) is 4.79 Å². The summed E-state index contributed by atoms with van der Waals surface area (Å²) in [5.74, 6) is 0.729. The van der Waals surface area contributed by atoms with Crippen molar-refractivity contribution in [3.05, 3.63) is 20.3 Å². The van der Waals surface area contributed by atoms with E-state index in [1.165, 1.54) is 6.33 Å². The lowest BCUT2D eigenvalue weighted by atomic mass is 9.98. The van der Waals surface area contributed by atoms with Gasteiger partial charge in [0.05, 0.1) is 11.9 Å². The summed E-state index contributed by atoms with van der Waals surface area (Å²) in [5.41, 5.74) is -0.701. The molecule has 2 rings (SSSR count). The monoisotopic (exact) mass is 349 g/mol. The Morgan fingerprint density at radius 2 is 2.29 bits per heavy atom. The zero-order chi connectivity index (χ0) is 12.5. The summed E-state index contributed by atoms with van der Waals surface area (Å²) in [7, 11) is 0. The quantitative estimate of drug-likeness (QED) is 0.746. The van der Waals surface area contributed by atoms with E-state index in [0.717, 1.165) is 31.7 Å². The maximum Gasteiger partial charge on any atom is 0.266 e. The Labute approximate surface area is 113 Å². The van der Waals surface area contributed by atoms with Gasteiger partial charge in [-0.15, -0.1) is 0 Å². The van der Waals surface area contributed by atoms with E-state index in [-0.39, 0.29) is 5.56 Å². The van der Waals surface area contributed by atoms with Crippen LogP contribution < -0.4 is 10.5 Å². The molecule has 1 unspecified atom stereocenters. The van der Waals surface area contributed by atoms with Gasteiger partial charge in [-0.05, 0) is 48.8 Å². The van der Waals surface area contributed by atoms with Crippen molar-refractivity contribution >= 4 is 28.4 Å². The van der Waals surface area contributed by atoms with Gasteiger partial charge < -0.3 is 15.0 Å². The number of nitrogens with zero attached hydrogens (tertiary/aromatic N) is 2. The minimum Gasteiger partial charge on any atom is -0.390 e. The van der Waals surface area contributed by atoms with Crippen LogP contribution in [0, 0.1) is 3.57 Å². The second kappa shape index (κ2) is 4.93. The SMILES string of the molecule is CC1(O)CCCN(c2nc[nH]c(=O)c2I)CC1. The molecule has 0 bridgehead atoms. The highest BCUT2D eigenvalue weighted by atomic mass is 127. The number of hydrogen-bond acceptors (Lipinski definition) is 4. The van der Waals surface area contributed by atoms with Crippen molar-refractivity contribution in [3.8, 4) is 0 Å². The number of halogens is 1. The molecule has 1 saturated heterocycles. The molecule has 0 radical (unpaired) electrons. The summed E-state index contributed by atoms with van der Waals surface area (Å²) in [6, 6.07) is 0. The van der Waals surface area contributed by atoms with Crippen LogP contribution in [-0.4, -0.2) is 33.8 Å². The third kappa shape index (κ3) is 2.98. The van der Waals surface area contributed by atoms with Crippen LogP contribution in [-0.2, 0) is 0 Å². The Morgan fingerprint density at radius 1 is 1.53 bits per heavy atom. The molecule has 94 valence electrons. The standard InChI is InChI=1S/C11H16IN3O2/c1-11(17)3-2-5-15(6-4-11)9-8(12)10(16)14-7-13-9/h7,17H,2-6H2,1H3,(H,13,14,16). The van der Waals surface area contributed by atoms with Crippen LogP contribution in [0.1, 0.15) is 26.2 Å². The Morgan fingerprint density at radius 3 is 3.06 bits per heavy atom. The number of H-pyrrole nitrogens is 1. The fraction of sp³-hybridized carbons (Fsp3) is 0.636. The number of nitrogens with one attached hydrogen (secondary N) is 1. The molecule has 17 heavy (non-hydrogen) atoms. The van der Waals surface area contributed by atoms with E-state index in [2.05, 4.69) is 14.9 Å². The first-order chi connectivity index (χ1) is 7.99. The lowest BCUT2D eigenvalue weighted by Crippen LogP contribution is -2.30. The van der Waals surface area contributed by atoms with Crippen molar-refractivity contribution in [2.45, 2.75) is 31.8 Å². The fourth-order valence-electron chi connectivity index (χ4n) is 2.07. The van der Waals surface area contributed by atoms with Crippen LogP contribution in [0.25, 0.3) is 0 Å². The van der Waals surface area contributed by atoms with Gasteiger partial charge >= 0.3 is 0 Å². The Hall–Kier alpha value is -0.630. The molecule has 1 aromatic rings. The molecule has 0 amide bonds. The molecule has 0 saturated carbocycles. The Kier molecular flexibility index (Phi) is 3.72. The van der Waals surface area contributed by atoms with Gasteiger partial charge in [-0.2, -0.15) is 0 Å². The summed E-state index contributed by atoms with van der Waals surface area (Å²) in [4.78, 5) is 20.4. The van der Waals surface area contributed by atoms with Gasteiger partial charge in [0.2, 0.25) is 0 Å². The number of aromatic amines is 1. The number of anilines is 1. The maximum absolute atomic E-state index is 11.5. The van der Waals surface area contributed by atoms with E-state index in [4.69, 9.17) is 0 Å². The van der Waals surface area contributed by atoms with Gasteiger partial charge in [0, 0.05) is 13.1 Å². The molecular weight excluding hydrogens is 333 g/mol. The number of aromatic nitrogens is 2. The normalized spacial score (nSPS) is 25.7. The van der Waals surface area contributed by atoms with Gasteiger partial charge in [0.15, 0.2) is 0 Å². The van der Waals surface area contributed by atoms with Crippen molar-refractivity contribution in [1.29, 1.82) is 0 Å². The zero-order valence-corrected chi connectivity index (χ0v) is 11.9. The Bertz CT molecular complexity index is 458. The van der Waals surface area contributed by atoms with E-state index in [1.807, 2.05) is 29.5 Å². The van der Waals surface area contributed by atoms with Crippen molar-refractivity contribution in [2.75, 3.05) is 18.0 Å². The van der Waals surface area contributed by atoms with Gasteiger partial charge in [-0.1, -0.05) is 0 Å². The summed E-state index contributed by atoms with van der Waals surface area (Å²) in [6.45, 7) is 3.44. The lowest BCUT2D eigenvalue weighted by Gasteiger charge is -2.23. The van der Waals surface area contributed by atoms with E-state index < -0.39 is 5.60 Å². The molecule has 0 aliphatic carbocycles. The minimum atomic E-state index is -0.596. The van der Waals surface area contributed by atoms with E-state index in [0.29, 0.717) is 9.99 Å². The molecular formula is C11H16IN3O2. The molecule has 1 aliphatic heterocycles. The van der Waals surface area contributed by atoms with Crippen LogP contribution in [0.5, 0.6) is 0 Å². The molecule has 5 nitrogen and oxygen atoms in total. The van der Waals surface area contributed by atoms with Crippen molar-refractivity contribution < 1.29 is 5.11 Å². The van der Waals surface area contributed by atoms with Crippen molar-refractivity contribution in [1.82, 2.24) is 9.97 Å². The average Bonchev–Trinajstić information content (AvgIpc) is 2.44. The van der Waals surface area contributed by atoms with Gasteiger partial charge in [0.25, 0.3) is 5.56 Å². The molecule has 0 aromatic carbocycles. The summed E-state index contributed by atoms with van der Waals surface area (Å²) in [6.07, 6.45) is 3.85. The maximum atomic E-state index is 11.5. The molecule has 1 fully saturated rings. The lowest BCUT2D eigenvalue weighted by molar-refractivity contribution is 0.0481. The topological polar surface area (TPSA) is 69.2 Å². The molecule has 0 spiro atoms. The van der Waals surface area contributed by atoms with Crippen LogP contribution in [0.4, 0.5) is 5.82 Å². The van der Waals surface area contributed by atoms with Gasteiger partial charge in [-0.25, -0.2) is 4.98 Å². The van der Waals surface area contributed by atoms with E-state index in [1.54, 1.807) is 0 Å². The van der Waals surface area contributed by atoms with Crippen molar-refractivity contribution in [2.24, 2.45) is 0 Å². The molecule has 1 aliphatic rings. The van der Waals surface area contributed by atoms with Crippen molar-refractivity contribution in [3.63, 3.8) is 0 Å². The number of rotatable bonds is 1. The zero-order valence-electron chi connectivity index (χ0n) is 9.74. The fourth-order valence-corrected chi connectivity index (χ4v) is 2.71. The van der Waals surface area contributed by atoms with Crippen LogP contribution in [0.2, 0.25) is 0 Å². The van der Waals surface area contributed by atoms with E-state index >= 15 is 0 Å². The van der Waals surface area contributed by atoms with Crippen LogP contribution in [0.15, 0.2) is 11.1 Å². The summed E-state index contributed by atoms with van der Waals surface area (Å²) >= 11 is 2.02. The van der Waals surface area contributed by atoms with Gasteiger partial charge in [0.1, 0.15) is 9.39 Å². The molecule has 1 aromatic heterocycles. The predicted molar refractivity (Wildman–Crippen MR) is 74.3 cm³/mol. The molecule has 6 heteroatoms. The van der Waals surface area contributed by atoms with E-state index in [9.17, 15) is 9.90 Å². The first kappa shape index (κ1) is 12.8. The second-order valence-corrected chi connectivity index (χ2v) is 5.79. The smallest absolute Gasteiger partial charge is 0.266 e. The average molecular weight is 349 g/mol. The third-order valence-corrected chi connectivity index (χ3v) is 4.11. The third-order valence-electron chi connectivity index (χ3n) is 3.14. The molecule has 2 N–H and O–H groups in total. The highest BCUT2D eigenvalue weighted by Gasteiger charge is 2.26. The van der Waals surface area contributed by atoms with Crippen LogP contribution in [0.3, 0.4) is 0 Å². The molecule has 2 heterocycles. The number of aliphatic hydroxyl groups is 1. The summed E-state index contributed by atoms with van der Waals surface area (Å²) < 4.78 is 0.617. The highest BCUT2D eigenvalue weighted by molar-refractivity contribution is 14.1. The predicted octanol–water partition coefficient (Wildman–Crippen LogP) is 1.12. The molecule has 1 atom stereocenters. The Balaban J connectivity index is 2.23. The second-order valence-electron chi connectivity index (χ2n) is 4.71. The minimum absolute atomic E-state index is 0.105. The van der Waals surface area contributed by atoms with Crippen LogP contribution >= 0.6 is 22.6 Å². The first-order valence-electron chi connectivity index (χ1n) is 5.70.